The van der Waals surface area contributed by atoms with Gasteiger partial charge in [0.15, 0.2) is 0 Å². The summed E-state index contributed by atoms with van der Waals surface area (Å²) in [6, 6.07) is 9.49. The van der Waals surface area contributed by atoms with Crippen LogP contribution in [0, 0.1) is 5.82 Å². The maximum absolute atomic E-state index is 13.6. The van der Waals surface area contributed by atoms with E-state index in [4.69, 9.17) is 0 Å². The minimum Gasteiger partial charge on any atom is -0.331 e. The predicted octanol–water partition coefficient (Wildman–Crippen LogP) is 2.67. The lowest BCUT2D eigenvalue weighted by Gasteiger charge is -2.06. The van der Waals surface area contributed by atoms with Gasteiger partial charge < -0.3 is 4.57 Å². The lowest BCUT2D eigenvalue weighted by atomic mass is 10.2. The van der Waals surface area contributed by atoms with Crippen LogP contribution in [0.3, 0.4) is 0 Å². The zero-order valence-corrected chi connectivity index (χ0v) is 13.3. The number of nitrogens with zero attached hydrogens (tertiary/aromatic N) is 2. The number of aryl methyl sites for hydroxylation is 1. The molecule has 0 saturated heterocycles. The second-order valence-electron chi connectivity index (χ2n) is 5.07. The molecule has 0 aliphatic rings. The van der Waals surface area contributed by atoms with Gasteiger partial charge in [0.2, 0.25) is 10.0 Å². The third-order valence-corrected chi connectivity index (χ3v) is 5.07. The molecule has 120 valence electrons. The summed E-state index contributed by atoms with van der Waals surface area (Å²) < 4.78 is 43.0. The van der Waals surface area contributed by atoms with Gasteiger partial charge in [-0.1, -0.05) is 18.2 Å². The smallest absolute Gasteiger partial charge is 0.243 e. The first kappa shape index (κ1) is 15.6. The summed E-state index contributed by atoms with van der Waals surface area (Å²) in [6.45, 7) is 2.42. The molecule has 0 spiro atoms. The van der Waals surface area contributed by atoms with Crippen LogP contribution in [0.5, 0.6) is 0 Å². The Bertz CT molecular complexity index is 951. The molecule has 0 bridgehead atoms. The maximum atomic E-state index is 13.6. The molecule has 3 aromatic rings. The summed E-state index contributed by atoms with van der Waals surface area (Å²) in [4.78, 5) is 4.38. The van der Waals surface area contributed by atoms with Gasteiger partial charge in [0.1, 0.15) is 16.4 Å². The molecule has 0 fully saturated rings. The maximum Gasteiger partial charge on any atom is 0.243 e. The molecule has 0 aliphatic heterocycles. The van der Waals surface area contributed by atoms with Crippen molar-refractivity contribution in [3.8, 4) is 0 Å². The van der Waals surface area contributed by atoms with Crippen LogP contribution >= 0.6 is 0 Å². The highest BCUT2D eigenvalue weighted by molar-refractivity contribution is 7.89. The van der Waals surface area contributed by atoms with Crippen molar-refractivity contribution in [2.45, 2.75) is 24.9 Å². The van der Waals surface area contributed by atoms with Crippen molar-refractivity contribution < 1.29 is 12.8 Å². The van der Waals surface area contributed by atoms with Gasteiger partial charge in [-0.25, -0.2) is 22.5 Å². The Morgan fingerprint density at radius 3 is 2.74 bits per heavy atom. The van der Waals surface area contributed by atoms with Crippen LogP contribution in [-0.4, -0.2) is 18.0 Å². The molecule has 3 rings (SSSR count). The molecule has 23 heavy (non-hydrogen) atoms. The molecule has 5 nitrogen and oxygen atoms in total. The normalized spacial score (nSPS) is 11.9. The topological polar surface area (TPSA) is 64.0 Å². The fourth-order valence-electron chi connectivity index (χ4n) is 2.44. The first-order chi connectivity index (χ1) is 11.0. The number of pyridine rings is 1. The van der Waals surface area contributed by atoms with E-state index in [2.05, 4.69) is 9.71 Å². The number of hydrogen-bond donors (Lipinski definition) is 1. The van der Waals surface area contributed by atoms with Gasteiger partial charge >= 0.3 is 0 Å². The van der Waals surface area contributed by atoms with Crippen molar-refractivity contribution in [3.63, 3.8) is 0 Å². The van der Waals surface area contributed by atoms with Crippen LogP contribution in [0.4, 0.5) is 4.39 Å². The zero-order chi connectivity index (χ0) is 16.4. The summed E-state index contributed by atoms with van der Waals surface area (Å²) in [7, 11) is -3.77. The summed E-state index contributed by atoms with van der Waals surface area (Å²) in [5.41, 5.74) is 0.912. The van der Waals surface area contributed by atoms with Crippen molar-refractivity contribution in [1.29, 1.82) is 0 Å². The molecule has 2 heterocycles. The molecule has 0 aliphatic carbocycles. The summed E-state index contributed by atoms with van der Waals surface area (Å²) in [6.07, 6.45) is 3.18. The van der Waals surface area contributed by atoms with Gasteiger partial charge in [0, 0.05) is 36.4 Å². The summed E-state index contributed by atoms with van der Waals surface area (Å²) in [5, 5.41) is 0.551. The van der Waals surface area contributed by atoms with E-state index in [1.165, 1.54) is 6.07 Å². The SMILES string of the molecule is CCn1cc(S(=O)(=O)NCc2ccccc2F)c2cccnc21. The van der Waals surface area contributed by atoms with Crippen molar-refractivity contribution in [2.24, 2.45) is 0 Å². The third kappa shape index (κ3) is 2.97. The van der Waals surface area contributed by atoms with Crippen LogP contribution in [0.15, 0.2) is 53.7 Å². The van der Waals surface area contributed by atoms with E-state index in [1.54, 1.807) is 47.3 Å². The molecule has 0 amide bonds. The van der Waals surface area contributed by atoms with Crippen molar-refractivity contribution in [1.82, 2.24) is 14.3 Å². The predicted molar refractivity (Wildman–Crippen MR) is 85.8 cm³/mol. The van der Waals surface area contributed by atoms with Crippen molar-refractivity contribution in [3.05, 3.63) is 60.2 Å². The average molecular weight is 333 g/mol. The van der Waals surface area contributed by atoms with E-state index in [0.29, 0.717) is 23.1 Å². The minimum absolute atomic E-state index is 0.103. The highest BCUT2D eigenvalue weighted by Crippen LogP contribution is 2.24. The first-order valence-corrected chi connectivity index (χ1v) is 8.68. The molecular formula is C16H16FN3O2S. The number of benzene rings is 1. The van der Waals surface area contributed by atoms with Gasteiger partial charge in [-0.05, 0) is 25.1 Å². The summed E-state index contributed by atoms with van der Waals surface area (Å²) in [5.74, 6) is -0.437. The highest BCUT2D eigenvalue weighted by atomic mass is 32.2. The Balaban J connectivity index is 1.96. The van der Waals surface area contributed by atoms with E-state index in [9.17, 15) is 12.8 Å². The van der Waals surface area contributed by atoms with Crippen molar-refractivity contribution >= 4 is 21.1 Å². The molecule has 0 radical (unpaired) electrons. The number of aromatic nitrogens is 2. The minimum atomic E-state index is -3.77. The van der Waals surface area contributed by atoms with Crippen LogP contribution in [-0.2, 0) is 23.1 Å². The van der Waals surface area contributed by atoms with Crippen LogP contribution in [0.2, 0.25) is 0 Å². The lowest BCUT2D eigenvalue weighted by molar-refractivity contribution is 0.574. The highest BCUT2D eigenvalue weighted by Gasteiger charge is 2.21. The third-order valence-electron chi connectivity index (χ3n) is 3.64. The largest absolute Gasteiger partial charge is 0.331 e. The zero-order valence-electron chi connectivity index (χ0n) is 12.5. The molecule has 1 N–H and O–H groups in total. The standard InChI is InChI=1S/C16H16FN3O2S/c1-2-20-11-15(13-7-5-9-18-16(13)20)23(21,22)19-10-12-6-3-4-8-14(12)17/h3-9,11,19H,2,10H2,1H3. The Labute approximate surface area is 133 Å². The number of fused-ring (bicyclic) bond motifs is 1. The summed E-state index contributed by atoms with van der Waals surface area (Å²) >= 11 is 0. The van der Waals surface area contributed by atoms with Crippen LogP contribution < -0.4 is 4.72 Å². The fourth-order valence-corrected chi connectivity index (χ4v) is 3.65. The molecule has 0 saturated carbocycles. The van der Waals surface area contributed by atoms with Crippen molar-refractivity contribution in [2.75, 3.05) is 0 Å². The van der Waals surface area contributed by atoms with E-state index in [-0.39, 0.29) is 11.4 Å². The number of halogens is 1. The average Bonchev–Trinajstić information content (AvgIpc) is 2.94. The van der Waals surface area contributed by atoms with E-state index < -0.39 is 15.8 Å². The number of rotatable bonds is 5. The quantitative estimate of drug-likeness (QED) is 0.781. The van der Waals surface area contributed by atoms with Gasteiger partial charge in [-0.15, -0.1) is 0 Å². The Morgan fingerprint density at radius 1 is 1.22 bits per heavy atom. The van der Waals surface area contributed by atoms with Crippen LogP contribution in [0.1, 0.15) is 12.5 Å². The first-order valence-electron chi connectivity index (χ1n) is 7.20. The Morgan fingerprint density at radius 2 is 2.00 bits per heavy atom. The van der Waals surface area contributed by atoms with Gasteiger partial charge in [0.05, 0.1) is 0 Å². The Kier molecular flexibility index (Phi) is 4.14. The second-order valence-corrected chi connectivity index (χ2v) is 6.81. The Hall–Kier alpha value is -2.25. The molecule has 0 atom stereocenters. The number of nitrogens with one attached hydrogen (secondary N) is 1. The molecule has 1 aromatic carbocycles. The van der Waals surface area contributed by atoms with Gasteiger partial charge in [-0.3, -0.25) is 0 Å². The van der Waals surface area contributed by atoms with Crippen LogP contribution in [0.25, 0.3) is 11.0 Å². The molecule has 0 unspecified atom stereocenters. The van der Waals surface area contributed by atoms with Gasteiger partial charge in [-0.2, -0.15) is 0 Å². The van der Waals surface area contributed by atoms with E-state index in [0.717, 1.165) is 0 Å². The lowest BCUT2D eigenvalue weighted by Crippen LogP contribution is -2.23. The number of sulfonamides is 1. The van der Waals surface area contributed by atoms with E-state index >= 15 is 0 Å². The molecule has 7 heteroatoms. The molecule has 2 aromatic heterocycles. The number of hydrogen-bond acceptors (Lipinski definition) is 3. The fraction of sp³-hybridized carbons (Fsp3) is 0.188. The monoisotopic (exact) mass is 333 g/mol. The van der Waals surface area contributed by atoms with Gasteiger partial charge in [0.25, 0.3) is 0 Å². The van der Waals surface area contributed by atoms with E-state index in [1.807, 2.05) is 6.92 Å². The molecular weight excluding hydrogens is 317 g/mol. The second kappa shape index (κ2) is 6.10.